The maximum Gasteiger partial charge on any atom is 0.272 e. The highest BCUT2D eigenvalue weighted by Crippen LogP contribution is 2.24. The third-order valence-electron chi connectivity index (χ3n) is 2.33. The first kappa shape index (κ1) is 14.0. The molecule has 2 heterocycles. The smallest absolute Gasteiger partial charge is 0.272 e. The number of anilines is 1. The van der Waals surface area contributed by atoms with Crippen molar-refractivity contribution in [3.63, 3.8) is 0 Å². The second kappa shape index (κ2) is 4.91. The molecule has 3 N–H and O–H groups in total. The van der Waals surface area contributed by atoms with Crippen molar-refractivity contribution in [3.8, 4) is 0 Å². The summed E-state index contributed by atoms with van der Waals surface area (Å²) < 4.78 is 28.4. The summed E-state index contributed by atoms with van der Waals surface area (Å²) in [5.41, 5.74) is 6.19. The molecule has 0 radical (unpaired) electrons. The molecule has 19 heavy (non-hydrogen) atoms. The van der Waals surface area contributed by atoms with Crippen LogP contribution in [0.4, 0.5) is 5.82 Å². The molecule has 2 rings (SSSR count). The number of nitrogens with zero attached hydrogens (tertiary/aromatic N) is 2. The zero-order valence-corrected chi connectivity index (χ0v) is 12.7. The maximum atomic E-state index is 12.2. The molecule has 0 bridgehead atoms. The zero-order valence-electron chi connectivity index (χ0n) is 10.2. The van der Waals surface area contributed by atoms with Crippen molar-refractivity contribution in [2.45, 2.75) is 11.1 Å². The van der Waals surface area contributed by atoms with Gasteiger partial charge in [-0.3, -0.25) is 9.40 Å². The minimum atomic E-state index is -3.64. The summed E-state index contributed by atoms with van der Waals surface area (Å²) in [5, 5.41) is 4.07. The van der Waals surface area contributed by atoms with E-state index in [1.54, 1.807) is 26.1 Å². The number of thiocarbonyl (C=S) groups is 1. The Labute approximate surface area is 120 Å². The predicted molar refractivity (Wildman–Crippen MR) is 79.0 cm³/mol. The Morgan fingerprint density at radius 2 is 2.21 bits per heavy atom. The second-order valence-electron chi connectivity index (χ2n) is 3.88. The second-order valence-corrected chi connectivity index (χ2v) is 7.32. The van der Waals surface area contributed by atoms with Gasteiger partial charge in [-0.1, -0.05) is 12.2 Å². The number of hydrogen-bond acceptors (Lipinski definition) is 5. The molecular formula is C10H12N4O2S3. The van der Waals surface area contributed by atoms with Gasteiger partial charge in [0.1, 0.15) is 15.0 Å². The molecule has 0 atom stereocenters. The first-order chi connectivity index (χ1) is 8.79. The van der Waals surface area contributed by atoms with E-state index in [9.17, 15) is 8.42 Å². The third-order valence-corrected chi connectivity index (χ3v) is 5.64. The minimum Gasteiger partial charge on any atom is -0.389 e. The van der Waals surface area contributed by atoms with Crippen molar-refractivity contribution in [3.05, 3.63) is 28.8 Å². The Morgan fingerprint density at radius 1 is 1.53 bits per heavy atom. The van der Waals surface area contributed by atoms with Crippen LogP contribution in [0.3, 0.4) is 0 Å². The van der Waals surface area contributed by atoms with E-state index in [2.05, 4.69) is 9.82 Å². The molecule has 0 aliphatic rings. The van der Waals surface area contributed by atoms with E-state index in [0.717, 1.165) is 17.0 Å². The quantitative estimate of drug-likeness (QED) is 0.828. The van der Waals surface area contributed by atoms with Crippen LogP contribution in [-0.2, 0) is 17.1 Å². The van der Waals surface area contributed by atoms with Crippen LogP contribution in [0.1, 0.15) is 10.6 Å². The summed E-state index contributed by atoms with van der Waals surface area (Å²) in [6, 6.07) is 4.72. The number of aromatic nitrogens is 2. The highest BCUT2D eigenvalue weighted by Gasteiger charge is 2.19. The monoisotopic (exact) mass is 316 g/mol. The van der Waals surface area contributed by atoms with Gasteiger partial charge >= 0.3 is 0 Å². The van der Waals surface area contributed by atoms with Gasteiger partial charge in [0.25, 0.3) is 10.0 Å². The van der Waals surface area contributed by atoms with Crippen LogP contribution in [0.2, 0.25) is 0 Å². The van der Waals surface area contributed by atoms with Crippen molar-refractivity contribution in [1.29, 1.82) is 0 Å². The van der Waals surface area contributed by atoms with Crippen LogP contribution in [0, 0.1) is 6.92 Å². The Morgan fingerprint density at radius 3 is 2.68 bits per heavy atom. The lowest BCUT2D eigenvalue weighted by molar-refractivity contribution is 0.602. The topological polar surface area (TPSA) is 90.0 Å². The van der Waals surface area contributed by atoms with E-state index >= 15 is 0 Å². The average Bonchev–Trinajstić information content (AvgIpc) is 2.86. The molecule has 2 aromatic heterocycles. The van der Waals surface area contributed by atoms with Gasteiger partial charge in [-0.05, 0) is 19.1 Å². The number of rotatable bonds is 4. The Bertz CT molecular complexity index is 730. The van der Waals surface area contributed by atoms with Gasteiger partial charge in [0.05, 0.1) is 10.6 Å². The van der Waals surface area contributed by atoms with E-state index in [1.165, 1.54) is 10.7 Å². The number of aryl methyl sites for hydroxylation is 2. The summed E-state index contributed by atoms with van der Waals surface area (Å²) in [6.07, 6.45) is 0. The molecule has 2 aromatic rings. The van der Waals surface area contributed by atoms with Gasteiger partial charge < -0.3 is 5.73 Å². The van der Waals surface area contributed by atoms with E-state index in [1.807, 2.05) is 0 Å². The zero-order chi connectivity index (χ0) is 14.2. The molecular weight excluding hydrogens is 304 g/mol. The van der Waals surface area contributed by atoms with Gasteiger partial charge in [-0.2, -0.15) is 5.10 Å². The summed E-state index contributed by atoms with van der Waals surface area (Å²) >= 11 is 5.84. The Balaban J connectivity index is 2.32. The number of nitrogens with one attached hydrogen (secondary N) is 1. The van der Waals surface area contributed by atoms with Gasteiger partial charge in [0.2, 0.25) is 0 Å². The molecule has 0 aliphatic carbocycles. The molecule has 6 nitrogen and oxygen atoms in total. The lowest BCUT2D eigenvalue weighted by atomic mass is 10.5. The molecule has 0 unspecified atom stereocenters. The summed E-state index contributed by atoms with van der Waals surface area (Å²) in [4.78, 5) is 0.749. The highest BCUT2D eigenvalue weighted by molar-refractivity contribution is 7.94. The lowest BCUT2D eigenvalue weighted by Gasteiger charge is -2.05. The number of nitrogens with two attached hydrogens (primary N) is 1. The largest absolute Gasteiger partial charge is 0.389 e. The molecule has 0 saturated carbocycles. The van der Waals surface area contributed by atoms with Crippen LogP contribution in [0.25, 0.3) is 0 Å². The molecule has 102 valence electrons. The van der Waals surface area contributed by atoms with Gasteiger partial charge in [0, 0.05) is 13.1 Å². The minimum absolute atomic E-state index is 0.161. The fraction of sp³-hybridized carbons (Fsp3) is 0.200. The van der Waals surface area contributed by atoms with Crippen LogP contribution < -0.4 is 10.5 Å². The van der Waals surface area contributed by atoms with E-state index < -0.39 is 10.0 Å². The number of thiophene rings is 1. The van der Waals surface area contributed by atoms with Crippen molar-refractivity contribution in [2.24, 2.45) is 12.8 Å². The first-order valence-electron chi connectivity index (χ1n) is 5.23. The molecule has 0 spiro atoms. The van der Waals surface area contributed by atoms with Gasteiger partial charge in [-0.25, -0.2) is 8.42 Å². The van der Waals surface area contributed by atoms with E-state index in [0.29, 0.717) is 10.7 Å². The van der Waals surface area contributed by atoms with Crippen LogP contribution in [0.5, 0.6) is 0 Å². The molecule has 0 aromatic carbocycles. The van der Waals surface area contributed by atoms with Crippen molar-refractivity contribution in [1.82, 2.24) is 9.78 Å². The Kier molecular flexibility index (Phi) is 3.61. The number of hydrogen-bond donors (Lipinski definition) is 2. The standard InChI is InChI=1S/C10H12N4O2S3/c1-6-5-8(14(2)12-6)13-19(15,16)9-4-3-7(18-9)10(11)17/h3-5,13H,1-2H3,(H2,11,17). The van der Waals surface area contributed by atoms with Gasteiger partial charge in [0.15, 0.2) is 0 Å². The Hall–Kier alpha value is -1.45. The van der Waals surface area contributed by atoms with Crippen molar-refractivity contribution < 1.29 is 8.42 Å². The van der Waals surface area contributed by atoms with Crippen molar-refractivity contribution in [2.75, 3.05) is 4.72 Å². The molecule has 0 fully saturated rings. The SMILES string of the molecule is Cc1cc(NS(=O)(=O)c2ccc(C(N)=S)s2)n(C)n1. The third kappa shape index (κ3) is 2.94. The normalized spacial score (nSPS) is 11.5. The van der Waals surface area contributed by atoms with Gasteiger partial charge in [-0.15, -0.1) is 11.3 Å². The van der Waals surface area contributed by atoms with E-state index in [4.69, 9.17) is 18.0 Å². The highest BCUT2D eigenvalue weighted by atomic mass is 32.2. The summed E-state index contributed by atoms with van der Waals surface area (Å²) in [5.74, 6) is 0.405. The first-order valence-corrected chi connectivity index (χ1v) is 7.93. The maximum absolute atomic E-state index is 12.2. The molecule has 0 saturated heterocycles. The predicted octanol–water partition coefficient (Wildman–Crippen LogP) is 1.23. The summed E-state index contributed by atoms with van der Waals surface area (Å²) in [7, 11) is -1.98. The number of sulfonamides is 1. The van der Waals surface area contributed by atoms with Crippen molar-refractivity contribution >= 4 is 44.4 Å². The fourth-order valence-electron chi connectivity index (χ4n) is 1.49. The fourth-order valence-corrected chi connectivity index (χ4v) is 3.92. The molecule has 0 amide bonds. The van der Waals surface area contributed by atoms with Crippen LogP contribution >= 0.6 is 23.6 Å². The van der Waals surface area contributed by atoms with Crippen LogP contribution in [-0.4, -0.2) is 23.2 Å². The van der Waals surface area contributed by atoms with E-state index in [-0.39, 0.29) is 9.20 Å². The average molecular weight is 316 g/mol. The molecule has 0 aliphatic heterocycles. The molecule has 9 heteroatoms. The lowest BCUT2D eigenvalue weighted by Crippen LogP contribution is -2.14. The van der Waals surface area contributed by atoms with Crippen LogP contribution in [0.15, 0.2) is 22.4 Å². The summed E-state index contributed by atoms with van der Waals surface area (Å²) in [6.45, 7) is 1.79.